The van der Waals surface area contributed by atoms with E-state index < -0.39 is 0 Å². The highest BCUT2D eigenvalue weighted by Gasteiger charge is 2.11. The molecule has 0 fully saturated rings. The molecule has 0 spiro atoms. The first-order valence-electron chi connectivity index (χ1n) is 6.17. The van der Waals surface area contributed by atoms with Crippen LogP contribution in [0, 0.1) is 0 Å². The van der Waals surface area contributed by atoms with Crippen molar-refractivity contribution in [1.29, 1.82) is 0 Å². The van der Waals surface area contributed by atoms with Gasteiger partial charge in [-0.2, -0.15) is 0 Å². The van der Waals surface area contributed by atoms with Crippen LogP contribution >= 0.6 is 12.4 Å². The molecular formula is C12H27ClN2O2. The van der Waals surface area contributed by atoms with Gasteiger partial charge in [-0.3, -0.25) is 4.79 Å². The highest BCUT2D eigenvalue weighted by atomic mass is 35.5. The second kappa shape index (κ2) is 13.7. The van der Waals surface area contributed by atoms with Gasteiger partial charge in [-0.25, -0.2) is 0 Å². The van der Waals surface area contributed by atoms with Crippen LogP contribution in [-0.4, -0.2) is 51.2 Å². The van der Waals surface area contributed by atoms with Crippen LogP contribution in [0.1, 0.15) is 32.6 Å². The monoisotopic (exact) mass is 266 g/mol. The molecule has 0 aromatic carbocycles. The molecule has 0 aromatic rings. The van der Waals surface area contributed by atoms with Crippen LogP contribution < -0.4 is 5.32 Å². The first kappa shape index (κ1) is 19.0. The van der Waals surface area contributed by atoms with Gasteiger partial charge in [0.25, 0.3) is 0 Å². The second-order valence-electron chi connectivity index (χ2n) is 3.93. The molecule has 4 nitrogen and oxygen atoms in total. The van der Waals surface area contributed by atoms with Gasteiger partial charge in [0.05, 0.1) is 6.61 Å². The maximum absolute atomic E-state index is 11.9. The highest BCUT2D eigenvalue weighted by Crippen LogP contribution is 2.01. The summed E-state index contributed by atoms with van der Waals surface area (Å²) in [6.07, 6.45) is 3.73. The van der Waals surface area contributed by atoms with Crippen molar-refractivity contribution in [2.75, 3.05) is 40.4 Å². The van der Waals surface area contributed by atoms with Crippen molar-refractivity contribution in [3.8, 4) is 0 Å². The maximum atomic E-state index is 11.9. The summed E-state index contributed by atoms with van der Waals surface area (Å²) >= 11 is 0. The van der Waals surface area contributed by atoms with Crippen molar-refractivity contribution in [1.82, 2.24) is 10.2 Å². The molecule has 0 atom stereocenters. The minimum Gasteiger partial charge on any atom is -0.383 e. The van der Waals surface area contributed by atoms with Gasteiger partial charge in [-0.1, -0.05) is 13.3 Å². The third-order valence-electron chi connectivity index (χ3n) is 2.52. The van der Waals surface area contributed by atoms with Gasteiger partial charge in [-0.05, 0) is 26.4 Å². The van der Waals surface area contributed by atoms with Crippen molar-refractivity contribution < 1.29 is 9.53 Å². The van der Waals surface area contributed by atoms with Gasteiger partial charge in [0, 0.05) is 26.6 Å². The van der Waals surface area contributed by atoms with Crippen molar-refractivity contribution in [2.45, 2.75) is 32.6 Å². The average Bonchev–Trinajstić information content (AvgIpc) is 2.29. The van der Waals surface area contributed by atoms with E-state index in [1.54, 1.807) is 7.11 Å². The van der Waals surface area contributed by atoms with E-state index in [1.165, 1.54) is 0 Å². The molecule has 1 N–H and O–H groups in total. The Morgan fingerprint density at radius 2 is 2.00 bits per heavy atom. The zero-order valence-electron chi connectivity index (χ0n) is 11.3. The summed E-state index contributed by atoms with van der Waals surface area (Å²) in [7, 11) is 3.58. The fourth-order valence-corrected chi connectivity index (χ4v) is 1.49. The minimum atomic E-state index is 0. The number of hydrogen-bond donors (Lipinski definition) is 1. The normalized spacial score (nSPS) is 9.82. The molecule has 0 aromatic heterocycles. The minimum absolute atomic E-state index is 0. The van der Waals surface area contributed by atoms with E-state index in [9.17, 15) is 4.79 Å². The summed E-state index contributed by atoms with van der Waals surface area (Å²) in [5.74, 6) is 0.251. The van der Waals surface area contributed by atoms with Crippen LogP contribution in [0.2, 0.25) is 0 Å². The van der Waals surface area contributed by atoms with Crippen LogP contribution in [0.3, 0.4) is 0 Å². The predicted octanol–water partition coefficient (Wildman–Crippen LogP) is 1.68. The fraction of sp³-hybridized carbons (Fsp3) is 0.917. The Hall–Kier alpha value is -0.320. The molecule has 0 saturated heterocycles. The molecule has 0 rings (SSSR count). The number of carbonyl (C=O) groups is 1. The smallest absolute Gasteiger partial charge is 0.222 e. The molecule has 0 radical (unpaired) electrons. The largest absolute Gasteiger partial charge is 0.383 e. The Morgan fingerprint density at radius 3 is 2.53 bits per heavy atom. The highest BCUT2D eigenvalue weighted by molar-refractivity contribution is 5.85. The van der Waals surface area contributed by atoms with E-state index in [-0.39, 0.29) is 18.3 Å². The van der Waals surface area contributed by atoms with Crippen LogP contribution in [0.15, 0.2) is 0 Å². The molecule has 0 aliphatic rings. The zero-order chi connectivity index (χ0) is 12.2. The number of rotatable bonds is 10. The van der Waals surface area contributed by atoms with Crippen molar-refractivity contribution >= 4 is 18.3 Å². The van der Waals surface area contributed by atoms with Crippen LogP contribution in [0.4, 0.5) is 0 Å². The van der Waals surface area contributed by atoms with Gasteiger partial charge >= 0.3 is 0 Å². The molecule has 17 heavy (non-hydrogen) atoms. The van der Waals surface area contributed by atoms with E-state index in [0.717, 1.165) is 38.9 Å². The topological polar surface area (TPSA) is 41.6 Å². The van der Waals surface area contributed by atoms with Crippen molar-refractivity contribution in [3.63, 3.8) is 0 Å². The van der Waals surface area contributed by atoms with E-state index >= 15 is 0 Å². The van der Waals surface area contributed by atoms with Gasteiger partial charge in [0.1, 0.15) is 0 Å². The van der Waals surface area contributed by atoms with E-state index in [1.807, 2.05) is 11.9 Å². The lowest BCUT2D eigenvalue weighted by atomic mass is 10.2. The Morgan fingerprint density at radius 1 is 1.29 bits per heavy atom. The summed E-state index contributed by atoms with van der Waals surface area (Å²) < 4.78 is 5.02. The second-order valence-corrected chi connectivity index (χ2v) is 3.93. The molecule has 0 aliphatic carbocycles. The molecule has 0 saturated carbocycles. The maximum Gasteiger partial charge on any atom is 0.222 e. The van der Waals surface area contributed by atoms with Gasteiger partial charge < -0.3 is 15.0 Å². The number of nitrogens with zero attached hydrogens (tertiary/aromatic N) is 1. The third kappa shape index (κ3) is 10.5. The standard InChI is InChI=1S/C12H26N2O2.ClH/c1-4-5-9-14(10-11-16-3)12(15)7-6-8-13-2;/h13H,4-11H2,1-3H3;1H. The summed E-state index contributed by atoms with van der Waals surface area (Å²) in [6, 6.07) is 0. The summed E-state index contributed by atoms with van der Waals surface area (Å²) in [5, 5.41) is 3.05. The molecule has 0 heterocycles. The summed E-state index contributed by atoms with van der Waals surface area (Å²) in [6.45, 7) is 5.24. The fourth-order valence-electron chi connectivity index (χ4n) is 1.49. The number of nitrogens with one attached hydrogen (secondary N) is 1. The van der Waals surface area contributed by atoms with E-state index in [2.05, 4.69) is 12.2 Å². The van der Waals surface area contributed by atoms with Crippen LogP contribution in [0.25, 0.3) is 0 Å². The molecule has 0 unspecified atom stereocenters. The lowest BCUT2D eigenvalue weighted by molar-refractivity contribution is -0.132. The van der Waals surface area contributed by atoms with Gasteiger partial charge in [-0.15, -0.1) is 12.4 Å². The van der Waals surface area contributed by atoms with E-state index in [0.29, 0.717) is 13.0 Å². The quantitative estimate of drug-likeness (QED) is 0.612. The molecule has 5 heteroatoms. The summed E-state index contributed by atoms with van der Waals surface area (Å²) in [4.78, 5) is 13.8. The number of ether oxygens (including phenoxy) is 1. The third-order valence-corrected chi connectivity index (χ3v) is 2.52. The number of amides is 1. The SMILES string of the molecule is CCCCN(CCOC)C(=O)CCCNC.Cl. The molecule has 1 amide bonds. The number of methoxy groups -OCH3 is 1. The van der Waals surface area contributed by atoms with E-state index in [4.69, 9.17) is 4.74 Å². The predicted molar refractivity (Wildman–Crippen MR) is 73.8 cm³/mol. The molecule has 0 bridgehead atoms. The number of halogens is 1. The Labute approximate surface area is 111 Å². The van der Waals surface area contributed by atoms with Crippen LogP contribution in [0.5, 0.6) is 0 Å². The molecule has 104 valence electrons. The lowest BCUT2D eigenvalue weighted by Gasteiger charge is -2.22. The first-order valence-corrected chi connectivity index (χ1v) is 6.17. The Balaban J connectivity index is 0. The molecule has 0 aliphatic heterocycles. The van der Waals surface area contributed by atoms with Gasteiger partial charge in [0.2, 0.25) is 5.91 Å². The number of carbonyl (C=O) groups excluding carboxylic acids is 1. The molecular weight excluding hydrogens is 240 g/mol. The number of unbranched alkanes of at least 4 members (excludes halogenated alkanes) is 1. The van der Waals surface area contributed by atoms with Gasteiger partial charge in [0.15, 0.2) is 0 Å². The van der Waals surface area contributed by atoms with Crippen molar-refractivity contribution in [2.24, 2.45) is 0 Å². The first-order chi connectivity index (χ1) is 7.76. The summed E-state index contributed by atoms with van der Waals surface area (Å²) in [5.41, 5.74) is 0. The zero-order valence-corrected chi connectivity index (χ0v) is 12.1. The number of hydrogen-bond acceptors (Lipinski definition) is 3. The van der Waals surface area contributed by atoms with Crippen LogP contribution in [-0.2, 0) is 9.53 Å². The Bertz CT molecular complexity index is 172. The lowest BCUT2D eigenvalue weighted by Crippen LogP contribution is -2.35. The Kier molecular flexibility index (Phi) is 15.4. The van der Waals surface area contributed by atoms with Crippen molar-refractivity contribution in [3.05, 3.63) is 0 Å². The average molecular weight is 267 g/mol.